The average molecular weight is 980 g/mol. The summed E-state index contributed by atoms with van der Waals surface area (Å²) in [6.45, 7) is 12.0. The van der Waals surface area contributed by atoms with Crippen LogP contribution < -0.4 is 9.64 Å². The van der Waals surface area contributed by atoms with Crippen molar-refractivity contribution >= 4 is 67.2 Å². The predicted octanol–water partition coefficient (Wildman–Crippen LogP) is 18.4. The largest absolute Gasteiger partial charge is 0.481 e. The number of furan rings is 1. The summed E-state index contributed by atoms with van der Waals surface area (Å²) in [6, 6.07) is 63.8. The molecule has 3 heteroatoms. The SMILES string of the molecule is Cc1ccc(N(c2ccc3c(c2)C(C)(C)C2=C3c3c(oc4ccccc34)C(c3ccc4ccccc4c3)=CC2)c2ccc3c(c2)C(C)(C)C2=C3C34CC3(Oc3ccccc34)C(c3ccc4c(c3)C=CC=CC4)=CC2)cc1. The fourth-order valence-corrected chi connectivity index (χ4v) is 15.0. The van der Waals surface area contributed by atoms with Crippen LogP contribution in [0.5, 0.6) is 5.75 Å². The maximum Gasteiger partial charge on any atom is 0.150 e. The van der Waals surface area contributed by atoms with Gasteiger partial charge in [0.15, 0.2) is 0 Å². The molecule has 0 spiro atoms. The lowest BCUT2D eigenvalue weighted by Gasteiger charge is -2.31. The van der Waals surface area contributed by atoms with Gasteiger partial charge in [-0.3, -0.25) is 0 Å². The molecule has 8 aromatic carbocycles. The Morgan fingerprint density at radius 2 is 1.26 bits per heavy atom. The number of hydrogen-bond donors (Lipinski definition) is 0. The van der Waals surface area contributed by atoms with Gasteiger partial charge in [0.25, 0.3) is 0 Å². The second kappa shape index (κ2) is 15.4. The summed E-state index contributed by atoms with van der Waals surface area (Å²) in [4.78, 5) is 2.50. The zero-order valence-corrected chi connectivity index (χ0v) is 43.7. The highest BCUT2D eigenvalue weighted by Crippen LogP contribution is 2.79. The van der Waals surface area contributed by atoms with Gasteiger partial charge in [0.2, 0.25) is 0 Å². The van der Waals surface area contributed by atoms with Crippen LogP contribution >= 0.6 is 0 Å². The van der Waals surface area contributed by atoms with E-state index in [-0.39, 0.29) is 16.2 Å². The summed E-state index contributed by atoms with van der Waals surface area (Å²) in [6.07, 6.45) is 17.4. The second-order valence-electron chi connectivity index (χ2n) is 23.5. The smallest absolute Gasteiger partial charge is 0.150 e. The minimum Gasteiger partial charge on any atom is -0.481 e. The molecule has 2 atom stereocenters. The first-order valence-corrected chi connectivity index (χ1v) is 27.4. The minimum absolute atomic E-state index is 0.236. The monoisotopic (exact) mass is 979 g/mol. The number of ether oxygens (including phenoxy) is 1. The van der Waals surface area contributed by atoms with Crippen LogP contribution in [0.2, 0.25) is 0 Å². The molecule has 76 heavy (non-hydrogen) atoms. The van der Waals surface area contributed by atoms with Crippen LogP contribution in [0.3, 0.4) is 0 Å². The predicted molar refractivity (Wildman–Crippen MR) is 314 cm³/mol. The van der Waals surface area contributed by atoms with E-state index in [9.17, 15) is 0 Å². The van der Waals surface area contributed by atoms with Crippen LogP contribution in [0.4, 0.5) is 17.1 Å². The molecule has 3 nitrogen and oxygen atoms in total. The third kappa shape index (κ3) is 5.84. The number of aryl methyl sites for hydroxylation is 1. The number of benzene rings is 8. The molecule has 7 aliphatic rings. The van der Waals surface area contributed by atoms with Gasteiger partial charge in [-0.05, 0) is 159 Å². The van der Waals surface area contributed by atoms with Gasteiger partial charge in [0, 0.05) is 62.0 Å². The average Bonchev–Trinajstić information content (AvgIpc) is 3.90. The number of anilines is 3. The molecule has 0 N–H and O–H groups in total. The molecule has 2 unspecified atom stereocenters. The van der Waals surface area contributed by atoms with E-state index in [1.54, 1.807) is 0 Å². The van der Waals surface area contributed by atoms with Crippen molar-refractivity contribution in [1.29, 1.82) is 0 Å². The molecule has 0 saturated heterocycles. The third-order valence-electron chi connectivity index (χ3n) is 18.9. The van der Waals surface area contributed by atoms with E-state index in [1.807, 2.05) is 0 Å². The molecule has 1 saturated carbocycles. The molecular formula is C73H57NO2. The fraction of sp³-hybridized carbons (Fsp3) is 0.178. The van der Waals surface area contributed by atoms with E-state index in [0.29, 0.717) is 0 Å². The molecule has 0 bridgehead atoms. The van der Waals surface area contributed by atoms with Gasteiger partial charge in [-0.2, -0.15) is 0 Å². The topological polar surface area (TPSA) is 25.6 Å². The van der Waals surface area contributed by atoms with E-state index in [0.717, 1.165) is 70.8 Å². The summed E-state index contributed by atoms with van der Waals surface area (Å²) in [5.74, 6) is 1.97. The van der Waals surface area contributed by atoms with Crippen LogP contribution in [-0.4, -0.2) is 5.60 Å². The lowest BCUT2D eigenvalue weighted by Crippen LogP contribution is -2.26. The van der Waals surface area contributed by atoms with Crippen molar-refractivity contribution in [3.8, 4) is 5.75 Å². The van der Waals surface area contributed by atoms with E-state index < -0.39 is 5.60 Å². The number of para-hydroxylation sites is 2. The highest BCUT2D eigenvalue weighted by molar-refractivity contribution is 6.07. The molecule has 6 aliphatic carbocycles. The highest BCUT2D eigenvalue weighted by Gasteiger charge is 2.80. The molecule has 366 valence electrons. The zero-order chi connectivity index (χ0) is 50.9. The summed E-state index contributed by atoms with van der Waals surface area (Å²) in [5, 5.41) is 3.63. The first-order valence-electron chi connectivity index (χ1n) is 27.4. The molecule has 1 aromatic heterocycles. The van der Waals surface area contributed by atoms with Crippen LogP contribution in [-0.2, 0) is 22.7 Å². The van der Waals surface area contributed by atoms with Crippen LogP contribution in [0, 0.1) is 6.92 Å². The van der Waals surface area contributed by atoms with E-state index in [2.05, 4.69) is 246 Å². The Labute approximate surface area is 445 Å². The fourth-order valence-electron chi connectivity index (χ4n) is 15.0. The van der Waals surface area contributed by atoms with Crippen molar-refractivity contribution in [2.75, 3.05) is 4.90 Å². The Morgan fingerprint density at radius 3 is 2.12 bits per heavy atom. The number of rotatable bonds is 5. The van der Waals surface area contributed by atoms with Gasteiger partial charge < -0.3 is 14.1 Å². The zero-order valence-electron chi connectivity index (χ0n) is 43.7. The first kappa shape index (κ1) is 43.9. The maximum absolute atomic E-state index is 7.38. The normalized spacial score (nSPS) is 21.4. The molecular weight excluding hydrogens is 923 g/mol. The Bertz CT molecular complexity index is 4270. The Hall–Kier alpha value is -8.40. The van der Waals surface area contributed by atoms with Gasteiger partial charge in [0.05, 0.1) is 5.41 Å². The number of nitrogens with zero attached hydrogens (tertiary/aromatic N) is 1. The standard InChI is InChI=1S/C73H57NO2/c1-44-23-29-51(30-24-44)74(52-31-33-55-62(41-52)70(2,3)60-36-35-54(49-27-25-46-16-9-10-18-47(46)39-49)69-67(66(55)60)57-19-11-13-21-64(57)75-69)53-32-34-56-63(42-53)71(4,5)61-38-37-58(50-28-26-45-15-7-6-8-17-48(45)40-50)73-43-72(73,68(56)61)59-20-12-14-22-65(59)76-73/h6-14,16-35,37,39-42H,15,36,38,43H2,1-5H3. The van der Waals surface area contributed by atoms with Crippen molar-refractivity contribution in [3.05, 3.63) is 278 Å². The van der Waals surface area contributed by atoms with Crippen LogP contribution in [0.15, 0.2) is 216 Å². The lowest BCUT2D eigenvalue weighted by atomic mass is 9.78. The van der Waals surface area contributed by atoms with Gasteiger partial charge in [-0.25, -0.2) is 0 Å². The molecule has 16 rings (SSSR count). The second-order valence-corrected chi connectivity index (χ2v) is 23.5. The minimum atomic E-state index is -0.472. The number of allylic oxidation sites excluding steroid dienone is 7. The number of hydrogen-bond acceptors (Lipinski definition) is 3. The van der Waals surface area contributed by atoms with Crippen molar-refractivity contribution in [3.63, 3.8) is 0 Å². The van der Waals surface area contributed by atoms with Crippen molar-refractivity contribution in [2.24, 2.45) is 0 Å². The molecule has 0 amide bonds. The van der Waals surface area contributed by atoms with Gasteiger partial charge in [-0.1, -0.05) is 184 Å². The quantitative estimate of drug-likeness (QED) is 0.172. The highest BCUT2D eigenvalue weighted by atomic mass is 16.5. The van der Waals surface area contributed by atoms with Crippen molar-refractivity contribution in [1.82, 2.24) is 0 Å². The van der Waals surface area contributed by atoms with E-state index >= 15 is 0 Å². The maximum atomic E-state index is 7.38. The Kier molecular flexibility index (Phi) is 8.88. The summed E-state index contributed by atoms with van der Waals surface area (Å²) in [7, 11) is 0. The van der Waals surface area contributed by atoms with Crippen molar-refractivity contribution < 1.29 is 9.15 Å². The number of fused-ring (bicyclic) bond motifs is 11. The van der Waals surface area contributed by atoms with Crippen LogP contribution in [0.1, 0.15) is 114 Å². The summed E-state index contributed by atoms with van der Waals surface area (Å²) < 4.78 is 14.4. The van der Waals surface area contributed by atoms with Crippen molar-refractivity contribution in [2.45, 2.75) is 82.1 Å². The Morgan fingerprint density at radius 1 is 0.553 bits per heavy atom. The summed E-state index contributed by atoms with van der Waals surface area (Å²) >= 11 is 0. The molecule has 0 radical (unpaired) electrons. The van der Waals surface area contributed by atoms with Gasteiger partial charge >= 0.3 is 0 Å². The lowest BCUT2D eigenvalue weighted by molar-refractivity contribution is 0.247. The van der Waals surface area contributed by atoms with E-state index in [4.69, 9.17) is 9.15 Å². The van der Waals surface area contributed by atoms with Crippen LogP contribution in [0.25, 0.3) is 50.1 Å². The summed E-state index contributed by atoms with van der Waals surface area (Å²) in [5.41, 5.74) is 25.6. The van der Waals surface area contributed by atoms with E-state index in [1.165, 1.54) is 99.8 Å². The first-order chi connectivity index (χ1) is 37.0. The molecule has 1 fully saturated rings. The van der Waals surface area contributed by atoms with Gasteiger partial charge in [0.1, 0.15) is 22.7 Å². The molecule has 2 heterocycles. The molecule has 9 aromatic rings. The Balaban J connectivity index is 0.821. The van der Waals surface area contributed by atoms with Gasteiger partial charge in [-0.15, -0.1) is 0 Å². The molecule has 1 aliphatic heterocycles. The third-order valence-corrected chi connectivity index (χ3v) is 18.9.